The lowest BCUT2D eigenvalue weighted by Crippen LogP contribution is -2.33. The molecule has 1 N–H and O–H groups in total. The Morgan fingerprint density at radius 1 is 0.515 bits per heavy atom. The van der Waals surface area contributed by atoms with Gasteiger partial charge in [0.1, 0.15) is 0 Å². The molecule has 10 heteroatoms. The van der Waals surface area contributed by atoms with Gasteiger partial charge in [0.15, 0.2) is 0 Å². The predicted molar refractivity (Wildman–Crippen MR) is 126 cm³/mol. The Bertz CT molecular complexity index is 387. The lowest BCUT2D eigenvalue weighted by Gasteiger charge is -2.22. The molecule has 0 aromatic rings. The number of piperidine rings is 1. The average Bonchev–Trinajstić information content (AvgIpc) is 2.82. The Morgan fingerprint density at radius 3 is 1.21 bits per heavy atom. The van der Waals surface area contributed by atoms with Crippen molar-refractivity contribution in [2.75, 3.05) is 133 Å². The monoisotopic (exact) mass is 480 g/mol. The van der Waals surface area contributed by atoms with Crippen LogP contribution in [0.4, 0.5) is 0 Å². The largest absolute Gasteiger partial charge is 0.378 e. The van der Waals surface area contributed by atoms with Crippen LogP contribution in [0.1, 0.15) is 12.8 Å². The van der Waals surface area contributed by atoms with E-state index in [4.69, 9.17) is 37.9 Å². The maximum atomic E-state index is 5.78. The van der Waals surface area contributed by atoms with Crippen LogP contribution < -0.4 is 5.32 Å². The summed E-state index contributed by atoms with van der Waals surface area (Å²) in [6.45, 7) is 11.8. The highest BCUT2D eigenvalue weighted by atomic mass is 16.6. The lowest BCUT2D eigenvalue weighted by atomic mass is 10.1. The lowest BCUT2D eigenvalue weighted by molar-refractivity contribution is -0.0314. The standard InChI is InChI=1S/C23H48N2O8/c1-25(2)7-8-26-9-10-27-11-12-28-13-14-29-15-16-30-17-18-31-19-20-32-21-22-33-23-3-5-24-6-4-23/h23-24H,3-22H2,1-2H3. The zero-order valence-electron chi connectivity index (χ0n) is 20.9. The minimum absolute atomic E-state index is 0.383. The molecule has 198 valence electrons. The number of nitrogens with one attached hydrogen (secondary N) is 1. The number of nitrogens with zero attached hydrogens (tertiary/aromatic N) is 1. The highest BCUT2D eigenvalue weighted by Crippen LogP contribution is 2.06. The number of hydrogen-bond acceptors (Lipinski definition) is 10. The van der Waals surface area contributed by atoms with E-state index < -0.39 is 0 Å². The number of rotatable bonds is 25. The molecule has 0 unspecified atom stereocenters. The molecule has 1 fully saturated rings. The SMILES string of the molecule is CN(C)CCOCCOCCOCCOCCOCCOCCOCCOC1CCNCC1. The van der Waals surface area contributed by atoms with Crippen LogP contribution in [-0.4, -0.2) is 144 Å². The van der Waals surface area contributed by atoms with Crippen molar-refractivity contribution in [1.82, 2.24) is 10.2 Å². The Hall–Kier alpha value is -0.400. The van der Waals surface area contributed by atoms with E-state index in [1.165, 1.54) is 0 Å². The maximum absolute atomic E-state index is 5.78. The van der Waals surface area contributed by atoms with Crippen molar-refractivity contribution in [2.24, 2.45) is 0 Å². The Kier molecular flexibility index (Phi) is 22.9. The minimum Gasteiger partial charge on any atom is -0.378 e. The molecule has 0 aromatic heterocycles. The quantitative estimate of drug-likeness (QED) is 0.186. The summed E-state index contributed by atoms with van der Waals surface area (Å²) < 4.78 is 44.0. The van der Waals surface area contributed by atoms with Crippen LogP contribution in [0.5, 0.6) is 0 Å². The Balaban J connectivity index is 1.62. The Morgan fingerprint density at radius 2 is 0.848 bits per heavy atom. The first-order valence-electron chi connectivity index (χ1n) is 12.3. The molecule has 0 amide bonds. The van der Waals surface area contributed by atoms with Crippen LogP contribution >= 0.6 is 0 Å². The smallest absolute Gasteiger partial charge is 0.0704 e. The van der Waals surface area contributed by atoms with Gasteiger partial charge in [0.2, 0.25) is 0 Å². The van der Waals surface area contributed by atoms with Gasteiger partial charge in [0.25, 0.3) is 0 Å². The summed E-state index contributed by atoms with van der Waals surface area (Å²) in [5.41, 5.74) is 0. The van der Waals surface area contributed by atoms with Crippen LogP contribution in [0.2, 0.25) is 0 Å². The van der Waals surface area contributed by atoms with E-state index in [1.807, 2.05) is 14.1 Å². The zero-order valence-corrected chi connectivity index (χ0v) is 20.9. The molecule has 0 spiro atoms. The molecule has 0 saturated carbocycles. The van der Waals surface area contributed by atoms with Crippen molar-refractivity contribution in [3.05, 3.63) is 0 Å². The fraction of sp³-hybridized carbons (Fsp3) is 1.00. The van der Waals surface area contributed by atoms with Crippen molar-refractivity contribution in [3.63, 3.8) is 0 Å². The average molecular weight is 481 g/mol. The molecule has 1 aliphatic heterocycles. The van der Waals surface area contributed by atoms with Gasteiger partial charge in [-0.25, -0.2) is 0 Å². The zero-order chi connectivity index (χ0) is 23.7. The Labute approximate surface area is 200 Å². The second-order valence-electron chi connectivity index (χ2n) is 7.91. The molecular formula is C23H48N2O8. The van der Waals surface area contributed by atoms with E-state index in [2.05, 4.69) is 10.2 Å². The molecule has 0 aliphatic carbocycles. The van der Waals surface area contributed by atoms with E-state index in [1.54, 1.807) is 0 Å². The molecule has 1 aliphatic rings. The maximum Gasteiger partial charge on any atom is 0.0704 e. The highest BCUT2D eigenvalue weighted by Gasteiger charge is 2.12. The second-order valence-corrected chi connectivity index (χ2v) is 7.91. The van der Waals surface area contributed by atoms with Crippen molar-refractivity contribution in [1.29, 1.82) is 0 Å². The third kappa shape index (κ3) is 23.1. The van der Waals surface area contributed by atoms with Crippen molar-refractivity contribution in [3.8, 4) is 0 Å². The molecule has 10 nitrogen and oxygen atoms in total. The van der Waals surface area contributed by atoms with Crippen LogP contribution in [-0.2, 0) is 37.9 Å². The third-order valence-electron chi connectivity index (χ3n) is 4.78. The summed E-state index contributed by atoms with van der Waals surface area (Å²) in [6.07, 6.45) is 2.56. The van der Waals surface area contributed by atoms with E-state index in [-0.39, 0.29) is 0 Å². The van der Waals surface area contributed by atoms with Crippen LogP contribution in [0, 0.1) is 0 Å². The van der Waals surface area contributed by atoms with Crippen molar-refractivity contribution >= 4 is 0 Å². The number of likely N-dealkylation sites (N-methyl/N-ethyl adjacent to an activating group) is 1. The van der Waals surface area contributed by atoms with Gasteiger partial charge in [-0.1, -0.05) is 0 Å². The van der Waals surface area contributed by atoms with Gasteiger partial charge < -0.3 is 48.1 Å². The van der Waals surface area contributed by atoms with Gasteiger partial charge in [-0.2, -0.15) is 0 Å². The summed E-state index contributed by atoms with van der Waals surface area (Å²) in [5, 5.41) is 3.33. The molecule has 0 aromatic carbocycles. The van der Waals surface area contributed by atoms with Gasteiger partial charge in [0, 0.05) is 6.54 Å². The molecule has 1 saturated heterocycles. The first kappa shape index (κ1) is 30.6. The summed E-state index contributed by atoms with van der Waals surface area (Å²) >= 11 is 0. The fourth-order valence-corrected chi connectivity index (χ4v) is 2.90. The topological polar surface area (TPSA) is 89.1 Å². The molecule has 1 rings (SSSR count). The van der Waals surface area contributed by atoms with Crippen molar-refractivity contribution < 1.29 is 37.9 Å². The van der Waals surface area contributed by atoms with Gasteiger partial charge >= 0.3 is 0 Å². The van der Waals surface area contributed by atoms with E-state index in [0.29, 0.717) is 98.6 Å². The summed E-state index contributed by atoms with van der Waals surface area (Å²) in [6, 6.07) is 0. The van der Waals surface area contributed by atoms with E-state index in [0.717, 1.165) is 39.1 Å². The summed E-state index contributed by atoms with van der Waals surface area (Å²) in [4.78, 5) is 2.09. The fourth-order valence-electron chi connectivity index (χ4n) is 2.90. The van der Waals surface area contributed by atoms with Crippen LogP contribution in [0.25, 0.3) is 0 Å². The van der Waals surface area contributed by atoms with Crippen LogP contribution in [0.15, 0.2) is 0 Å². The summed E-state index contributed by atoms with van der Waals surface area (Å²) in [5.74, 6) is 0. The molecular weight excluding hydrogens is 432 g/mol. The van der Waals surface area contributed by atoms with E-state index in [9.17, 15) is 0 Å². The molecule has 1 heterocycles. The van der Waals surface area contributed by atoms with Gasteiger partial charge in [-0.05, 0) is 40.0 Å². The summed E-state index contributed by atoms with van der Waals surface area (Å²) in [7, 11) is 4.05. The first-order chi connectivity index (χ1) is 16.3. The first-order valence-corrected chi connectivity index (χ1v) is 12.3. The predicted octanol–water partition coefficient (Wildman–Crippen LogP) is 0.433. The normalized spacial score (nSPS) is 15.0. The van der Waals surface area contributed by atoms with Crippen molar-refractivity contribution in [2.45, 2.75) is 18.9 Å². The molecule has 0 radical (unpaired) electrons. The molecule has 0 atom stereocenters. The molecule has 33 heavy (non-hydrogen) atoms. The van der Waals surface area contributed by atoms with E-state index >= 15 is 0 Å². The number of hydrogen-bond donors (Lipinski definition) is 1. The van der Waals surface area contributed by atoms with Gasteiger partial charge in [-0.3, -0.25) is 0 Å². The minimum atomic E-state index is 0.383. The van der Waals surface area contributed by atoms with Gasteiger partial charge in [0.05, 0.1) is 105 Å². The number of ether oxygens (including phenoxy) is 8. The second kappa shape index (κ2) is 24.7. The molecule has 0 bridgehead atoms. The third-order valence-corrected chi connectivity index (χ3v) is 4.78. The van der Waals surface area contributed by atoms with Gasteiger partial charge in [-0.15, -0.1) is 0 Å². The van der Waals surface area contributed by atoms with Crippen LogP contribution in [0.3, 0.4) is 0 Å². The highest BCUT2D eigenvalue weighted by molar-refractivity contribution is 4.67.